The smallest absolute Gasteiger partial charge is 0.237 e. The zero-order chi connectivity index (χ0) is 15.4. The quantitative estimate of drug-likeness (QED) is 0.763. The van der Waals surface area contributed by atoms with Gasteiger partial charge in [0, 0.05) is 0 Å². The third-order valence-electron chi connectivity index (χ3n) is 3.54. The van der Waals surface area contributed by atoms with Gasteiger partial charge in [0.25, 0.3) is 0 Å². The normalized spacial score (nSPS) is 14.3. The van der Waals surface area contributed by atoms with E-state index in [1.165, 1.54) is 0 Å². The first-order valence-electron chi connectivity index (χ1n) is 7.51. The first-order valence-corrected chi connectivity index (χ1v) is 7.51. The summed E-state index contributed by atoms with van der Waals surface area (Å²) in [5, 5.41) is 3.02. The summed E-state index contributed by atoms with van der Waals surface area (Å²) in [6.07, 6.45) is 1.45. The molecule has 0 radical (unpaired) electrons. The van der Waals surface area contributed by atoms with Crippen LogP contribution in [0.15, 0.2) is 24.3 Å². The molecule has 0 aliphatic carbocycles. The molecule has 1 amide bonds. The third-order valence-corrected chi connectivity index (χ3v) is 3.54. The van der Waals surface area contributed by atoms with Crippen LogP contribution >= 0.6 is 0 Å². The van der Waals surface area contributed by atoms with E-state index < -0.39 is 6.04 Å². The lowest BCUT2D eigenvalue weighted by Crippen LogP contribution is -2.42. The predicted octanol–water partition coefficient (Wildman–Crippen LogP) is 2.50. The second kappa shape index (κ2) is 6.72. The van der Waals surface area contributed by atoms with E-state index in [4.69, 9.17) is 5.73 Å². The van der Waals surface area contributed by atoms with Crippen LogP contribution in [0.4, 0.5) is 0 Å². The fourth-order valence-electron chi connectivity index (χ4n) is 2.31. The van der Waals surface area contributed by atoms with Gasteiger partial charge >= 0.3 is 0 Å². The molecule has 0 fully saturated rings. The molecule has 1 aromatic carbocycles. The fourth-order valence-corrected chi connectivity index (χ4v) is 2.31. The number of aromatic amines is 1. The number of nitrogens with one attached hydrogen (secondary N) is 2. The standard InChI is InChI=1S/C16H24N4O/c1-4-11(17)16(21)20-14(9-10(2)3)15-18-12-7-5-6-8-13(12)19-15/h5-8,10-11,14H,4,9,17H2,1-3H3,(H,18,19)(H,20,21)/t11-,14?/m0/s1. The molecule has 2 atom stereocenters. The number of H-pyrrole nitrogens is 1. The van der Waals surface area contributed by atoms with Crippen LogP contribution in [-0.2, 0) is 4.79 Å². The van der Waals surface area contributed by atoms with E-state index in [2.05, 4.69) is 29.1 Å². The molecule has 114 valence electrons. The van der Waals surface area contributed by atoms with Crippen molar-refractivity contribution in [1.29, 1.82) is 0 Å². The number of rotatable bonds is 6. The largest absolute Gasteiger partial charge is 0.345 e. The second-order valence-electron chi connectivity index (χ2n) is 5.84. The minimum absolute atomic E-state index is 0.122. The van der Waals surface area contributed by atoms with Crippen LogP contribution in [-0.4, -0.2) is 21.9 Å². The van der Waals surface area contributed by atoms with Crippen molar-refractivity contribution in [3.8, 4) is 0 Å². The van der Waals surface area contributed by atoms with Crippen molar-refractivity contribution >= 4 is 16.9 Å². The number of hydrogen-bond donors (Lipinski definition) is 3. The van der Waals surface area contributed by atoms with Gasteiger partial charge in [-0.1, -0.05) is 32.9 Å². The maximum Gasteiger partial charge on any atom is 0.237 e. The van der Waals surface area contributed by atoms with Gasteiger partial charge in [-0.2, -0.15) is 0 Å². The van der Waals surface area contributed by atoms with Crippen LogP contribution in [0, 0.1) is 5.92 Å². The van der Waals surface area contributed by atoms with Gasteiger partial charge in [-0.05, 0) is 30.9 Å². The van der Waals surface area contributed by atoms with E-state index in [-0.39, 0.29) is 11.9 Å². The topological polar surface area (TPSA) is 83.8 Å². The molecule has 5 nitrogen and oxygen atoms in total. The Kier molecular flexibility index (Phi) is 4.96. The van der Waals surface area contributed by atoms with Gasteiger partial charge in [-0.15, -0.1) is 0 Å². The number of hydrogen-bond acceptors (Lipinski definition) is 3. The molecular formula is C16H24N4O. The third kappa shape index (κ3) is 3.82. The highest BCUT2D eigenvalue weighted by atomic mass is 16.2. The molecule has 1 aromatic heterocycles. The van der Waals surface area contributed by atoms with Crippen molar-refractivity contribution in [2.75, 3.05) is 0 Å². The SMILES string of the molecule is CC[C@H](N)C(=O)NC(CC(C)C)c1nc2ccccc2[nH]1. The number of fused-ring (bicyclic) bond motifs is 1. The maximum atomic E-state index is 12.1. The number of aromatic nitrogens is 2. The average molecular weight is 288 g/mol. The van der Waals surface area contributed by atoms with E-state index in [9.17, 15) is 4.79 Å². The molecule has 2 aromatic rings. The zero-order valence-corrected chi connectivity index (χ0v) is 12.9. The second-order valence-corrected chi connectivity index (χ2v) is 5.84. The van der Waals surface area contributed by atoms with Crippen molar-refractivity contribution in [3.63, 3.8) is 0 Å². The van der Waals surface area contributed by atoms with E-state index in [0.29, 0.717) is 12.3 Å². The minimum atomic E-state index is -0.468. The van der Waals surface area contributed by atoms with Gasteiger partial charge in [-0.25, -0.2) is 4.98 Å². The molecule has 0 spiro atoms. The van der Waals surface area contributed by atoms with E-state index >= 15 is 0 Å². The van der Waals surface area contributed by atoms with Crippen molar-refractivity contribution in [2.45, 2.75) is 45.7 Å². The van der Waals surface area contributed by atoms with Gasteiger partial charge in [0.15, 0.2) is 0 Å². The number of nitrogens with zero attached hydrogens (tertiary/aromatic N) is 1. The highest BCUT2D eigenvalue weighted by Gasteiger charge is 2.22. The Hall–Kier alpha value is -1.88. The van der Waals surface area contributed by atoms with Gasteiger partial charge in [0.2, 0.25) is 5.91 Å². The summed E-state index contributed by atoms with van der Waals surface area (Å²) >= 11 is 0. The molecule has 0 saturated heterocycles. The Labute approximate surface area is 125 Å². The molecule has 4 N–H and O–H groups in total. The van der Waals surface area contributed by atoms with Crippen LogP contribution in [0.1, 0.15) is 45.5 Å². The van der Waals surface area contributed by atoms with E-state index in [0.717, 1.165) is 23.3 Å². The highest BCUT2D eigenvalue weighted by Crippen LogP contribution is 2.22. The summed E-state index contributed by atoms with van der Waals surface area (Å²) in [6, 6.07) is 7.26. The lowest BCUT2D eigenvalue weighted by atomic mass is 10.0. The number of imidazole rings is 1. The lowest BCUT2D eigenvalue weighted by Gasteiger charge is -2.20. The number of para-hydroxylation sites is 2. The molecule has 1 unspecified atom stereocenters. The summed E-state index contributed by atoms with van der Waals surface area (Å²) in [6.45, 7) is 6.16. The Bertz CT molecular complexity index is 572. The Morgan fingerprint density at radius 2 is 2.10 bits per heavy atom. The molecule has 0 saturated carbocycles. The Balaban J connectivity index is 2.24. The Morgan fingerprint density at radius 3 is 2.71 bits per heavy atom. The molecular weight excluding hydrogens is 264 g/mol. The highest BCUT2D eigenvalue weighted by molar-refractivity contribution is 5.82. The van der Waals surface area contributed by atoms with Crippen molar-refractivity contribution in [3.05, 3.63) is 30.1 Å². The van der Waals surface area contributed by atoms with Crippen molar-refractivity contribution in [2.24, 2.45) is 11.7 Å². The maximum absolute atomic E-state index is 12.1. The summed E-state index contributed by atoms with van der Waals surface area (Å²) in [5.74, 6) is 1.12. The molecule has 0 aliphatic heterocycles. The van der Waals surface area contributed by atoms with Gasteiger partial charge in [-0.3, -0.25) is 4.79 Å². The first kappa shape index (κ1) is 15.5. The van der Waals surface area contributed by atoms with Gasteiger partial charge in [0.1, 0.15) is 5.82 Å². The van der Waals surface area contributed by atoms with Crippen LogP contribution in [0.5, 0.6) is 0 Å². The van der Waals surface area contributed by atoms with Crippen LogP contribution in [0.25, 0.3) is 11.0 Å². The molecule has 0 aliphatic rings. The average Bonchev–Trinajstić information content (AvgIpc) is 2.88. The zero-order valence-electron chi connectivity index (χ0n) is 12.9. The fraction of sp³-hybridized carbons (Fsp3) is 0.500. The van der Waals surface area contributed by atoms with Crippen LogP contribution in [0.3, 0.4) is 0 Å². The van der Waals surface area contributed by atoms with E-state index in [1.807, 2.05) is 31.2 Å². The predicted molar refractivity (Wildman–Crippen MR) is 84.7 cm³/mol. The first-order chi connectivity index (χ1) is 10.0. The number of amides is 1. The van der Waals surface area contributed by atoms with Crippen LogP contribution in [0.2, 0.25) is 0 Å². The number of benzene rings is 1. The molecule has 0 bridgehead atoms. The van der Waals surface area contributed by atoms with Crippen molar-refractivity contribution < 1.29 is 4.79 Å². The number of nitrogens with two attached hydrogens (primary N) is 1. The van der Waals surface area contributed by atoms with Crippen LogP contribution < -0.4 is 11.1 Å². The summed E-state index contributed by atoms with van der Waals surface area (Å²) < 4.78 is 0. The monoisotopic (exact) mass is 288 g/mol. The molecule has 5 heteroatoms. The molecule has 2 rings (SSSR count). The van der Waals surface area contributed by atoms with Crippen molar-refractivity contribution in [1.82, 2.24) is 15.3 Å². The molecule has 21 heavy (non-hydrogen) atoms. The summed E-state index contributed by atoms with van der Waals surface area (Å²) in [5.41, 5.74) is 7.70. The van der Waals surface area contributed by atoms with Gasteiger partial charge in [0.05, 0.1) is 23.1 Å². The Morgan fingerprint density at radius 1 is 1.38 bits per heavy atom. The number of carbonyl (C=O) groups excluding carboxylic acids is 1. The molecule has 1 heterocycles. The minimum Gasteiger partial charge on any atom is -0.345 e. The summed E-state index contributed by atoms with van der Waals surface area (Å²) in [4.78, 5) is 20.0. The lowest BCUT2D eigenvalue weighted by molar-refractivity contribution is -0.123. The van der Waals surface area contributed by atoms with E-state index in [1.54, 1.807) is 0 Å². The van der Waals surface area contributed by atoms with Gasteiger partial charge < -0.3 is 16.0 Å². The number of carbonyl (C=O) groups is 1. The summed E-state index contributed by atoms with van der Waals surface area (Å²) in [7, 11) is 0.